The van der Waals surface area contributed by atoms with Crippen LogP contribution in [0.3, 0.4) is 0 Å². The van der Waals surface area contributed by atoms with Crippen molar-refractivity contribution in [2.45, 2.75) is 25.7 Å². The summed E-state index contributed by atoms with van der Waals surface area (Å²) in [5.74, 6) is 0.303. The van der Waals surface area contributed by atoms with Crippen molar-refractivity contribution < 1.29 is 4.79 Å². The Labute approximate surface area is 96.0 Å². The molecule has 0 unspecified atom stereocenters. The fraction of sp³-hybridized carbons (Fsp3) is 0.364. The molecule has 0 aliphatic heterocycles. The van der Waals surface area contributed by atoms with Crippen LogP contribution in [-0.4, -0.2) is 5.78 Å². The van der Waals surface area contributed by atoms with E-state index in [4.69, 9.17) is 0 Å². The summed E-state index contributed by atoms with van der Waals surface area (Å²) in [4.78, 5) is 12.9. The lowest BCUT2D eigenvalue weighted by molar-refractivity contribution is -0.115. The van der Waals surface area contributed by atoms with Gasteiger partial charge in [0.05, 0.1) is 3.79 Å². The standard InChI is InChI=1S/C11H11BrOS/c12-11-6-5-9(14-11)7-10(13)8-3-1-2-4-8/h3,5-6H,1-2,4,7H2. The lowest BCUT2D eigenvalue weighted by Crippen LogP contribution is -2.03. The maximum Gasteiger partial charge on any atom is 0.163 e. The van der Waals surface area contributed by atoms with Crippen LogP contribution in [0.1, 0.15) is 24.1 Å². The Morgan fingerprint density at radius 3 is 2.93 bits per heavy atom. The minimum absolute atomic E-state index is 0.303. The summed E-state index contributed by atoms with van der Waals surface area (Å²) in [5.41, 5.74) is 1.04. The first-order valence-electron chi connectivity index (χ1n) is 4.72. The van der Waals surface area contributed by atoms with Crippen LogP contribution in [0.2, 0.25) is 0 Å². The Hall–Kier alpha value is -0.410. The van der Waals surface area contributed by atoms with Gasteiger partial charge in [-0.05, 0) is 52.9 Å². The third-order valence-electron chi connectivity index (χ3n) is 2.36. The van der Waals surface area contributed by atoms with Gasteiger partial charge in [-0.3, -0.25) is 4.79 Å². The monoisotopic (exact) mass is 270 g/mol. The summed E-state index contributed by atoms with van der Waals surface area (Å²) in [6.45, 7) is 0. The van der Waals surface area contributed by atoms with E-state index < -0.39 is 0 Å². The van der Waals surface area contributed by atoms with Crippen molar-refractivity contribution in [3.05, 3.63) is 32.4 Å². The Morgan fingerprint density at radius 1 is 1.50 bits per heavy atom. The number of halogens is 1. The molecule has 0 spiro atoms. The summed E-state index contributed by atoms with van der Waals surface area (Å²) in [6, 6.07) is 4.01. The van der Waals surface area contributed by atoms with E-state index in [9.17, 15) is 4.79 Å². The zero-order chi connectivity index (χ0) is 9.97. The van der Waals surface area contributed by atoms with E-state index in [1.54, 1.807) is 11.3 Å². The molecule has 0 radical (unpaired) electrons. The summed E-state index contributed by atoms with van der Waals surface area (Å²) < 4.78 is 1.10. The number of Topliss-reactive ketones (excluding diaryl/α,β-unsaturated/α-hetero) is 1. The maximum absolute atomic E-state index is 11.7. The zero-order valence-electron chi connectivity index (χ0n) is 7.75. The summed E-state index contributed by atoms with van der Waals surface area (Å²) in [5, 5.41) is 0. The van der Waals surface area contributed by atoms with E-state index >= 15 is 0 Å². The molecule has 2 rings (SSSR count). The first-order valence-corrected chi connectivity index (χ1v) is 6.33. The van der Waals surface area contributed by atoms with E-state index in [1.165, 1.54) is 0 Å². The largest absolute Gasteiger partial charge is 0.294 e. The predicted octanol–water partition coefficient (Wildman–Crippen LogP) is 3.73. The molecule has 0 saturated carbocycles. The minimum Gasteiger partial charge on any atom is -0.294 e. The van der Waals surface area contributed by atoms with Crippen LogP contribution in [0.15, 0.2) is 27.6 Å². The molecular formula is C11H11BrOS. The highest BCUT2D eigenvalue weighted by atomic mass is 79.9. The third-order valence-corrected chi connectivity index (χ3v) is 3.99. The minimum atomic E-state index is 0.303. The van der Waals surface area contributed by atoms with Crippen LogP contribution >= 0.6 is 27.3 Å². The Balaban J connectivity index is 2.01. The van der Waals surface area contributed by atoms with Gasteiger partial charge >= 0.3 is 0 Å². The van der Waals surface area contributed by atoms with Gasteiger partial charge in [0.1, 0.15) is 0 Å². The number of rotatable bonds is 3. The highest BCUT2D eigenvalue weighted by Crippen LogP contribution is 2.25. The molecule has 0 saturated heterocycles. The van der Waals surface area contributed by atoms with Gasteiger partial charge < -0.3 is 0 Å². The molecule has 0 fully saturated rings. The highest BCUT2D eigenvalue weighted by molar-refractivity contribution is 9.11. The van der Waals surface area contributed by atoms with E-state index in [0.29, 0.717) is 12.2 Å². The second kappa shape index (κ2) is 4.41. The summed E-state index contributed by atoms with van der Waals surface area (Å²) >= 11 is 5.04. The van der Waals surface area contributed by atoms with Gasteiger partial charge in [0, 0.05) is 11.3 Å². The number of hydrogen-bond acceptors (Lipinski definition) is 2. The molecule has 1 aliphatic carbocycles. The normalized spacial score (nSPS) is 15.6. The second-order valence-electron chi connectivity index (χ2n) is 3.43. The Kier molecular flexibility index (Phi) is 3.19. The van der Waals surface area contributed by atoms with Crippen molar-refractivity contribution in [3.8, 4) is 0 Å². The fourth-order valence-electron chi connectivity index (χ4n) is 1.64. The average molecular weight is 271 g/mol. The van der Waals surface area contributed by atoms with Gasteiger partial charge in [-0.2, -0.15) is 0 Å². The second-order valence-corrected chi connectivity index (χ2v) is 5.97. The molecule has 14 heavy (non-hydrogen) atoms. The molecular weight excluding hydrogens is 260 g/mol. The number of hydrogen-bond donors (Lipinski definition) is 0. The van der Waals surface area contributed by atoms with Gasteiger partial charge in [0.2, 0.25) is 0 Å². The molecule has 0 aromatic carbocycles. The van der Waals surface area contributed by atoms with Crippen molar-refractivity contribution in [2.75, 3.05) is 0 Å². The molecule has 3 heteroatoms. The highest BCUT2D eigenvalue weighted by Gasteiger charge is 2.14. The van der Waals surface area contributed by atoms with Gasteiger partial charge in [-0.25, -0.2) is 0 Å². The molecule has 1 nitrogen and oxygen atoms in total. The number of carbonyl (C=O) groups is 1. The van der Waals surface area contributed by atoms with Gasteiger partial charge in [-0.15, -0.1) is 11.3 Å². The van der Waals surface area contributed by atoms with Gasteiger partial charge in [0.25, 0.3) is 0 Å². The molecule has 1 heterocycles. The zero-order valence-corrected chi connectivity index (χ0v) is 10.2. The molecule has 0 amide bonds. The molecule has 0 atom stereocenters. The number of carbonyl (C=O) groups excluding carboxylic acids is 1. The quantitative estimate of drug-likeness (QED) is 0.818. The first kappa shape index (κ1) is 10.1. The average Bonchev–Trinajstić information content (AvgIpc) is 2.75. The van der Waals surface area contributed by atoms with Crippen LogP contribution in [0.5, 0.6) is 0 Å². The van der Waals surface area contributed by atoms with E-state index in [2.05, 4.69) is 22.0 Å². The third kappa shape index (κ3) is 2.34. The van der Waals surface area contributed by atoms with Gasteiger partial charge in [0.15, 0.2) is 5.78 Å². The number of thiophene rings is 1. The first-order chi connectivity index (χ1) is 6.75. The van der Waals surface area contributed by atoms with Crippen molar-refractivity contribution in [1.29, 1.82) is 0 Å². The van der Waals surface area contributed by atoms with Crippen LogP contribution in [-0.2, 0) is 11.2 Å². The maximum atomic E-state index is 11.7. The molecule has 1 aromatic rings. The molecule has 1 aromatic heterocycles. The molecule has 1 aliphatic rings. The van der Waals surface area contributed by atoms with E-state index in [0.717, 1.165) is 33.5 Å². The lowest BCUT2D eigenvalue weighted by Gasteiger charge is -1.98. The number of allylic oxidation sites excluding steroid dienone is 2. The fourth-order valence-corrected chi connectivity index (χ4v) is 3.12. The SMILES string of the molecule is O=C(Cc1ccc(Br)s1)C1=CCCC1. The molecule has 0 bridgehead atoms. The molecule has 74 valence electrons. The van der Waals surface area contributed by atoms with Crippen molar-refractivity contribution in [2.24, 2.45) is 0 Å². The van der Waals surface area contributed by atoms with Crippen LogP contribution in [0, 0.1) is 0 Å². The smallest absolute Gasteiger partial charge is 0.163 e. The van der Waals surface area contributed by atoms with Crippen molar-refractivity contribution in [1.82, 2.24) is 0 Å². The van der Waals surface area contributed by atoms with Crippen LogP contribution in [0.4, 0.5) is 0 Å². The van der Waals surface area contributed by atoms with Crippen LogP contribution in [0.25, 0.3) is 0 Å². The summed E-state index contributed by atoms with van der Waals surface area (Å²) in [6.07, 6.45) is 5.86. The Morgan fingerprint density at radius 2 is 2.36 bits per heavy atom. The molecule has 0 N–H and O–H groups in total. The van der Waals surface area contributed by atoms with Crippen molar-refractivity contribution >= 4 is 33.0 Å². The summed E-state index contributed by atoms with van der Waals surface area (Å²) in [7, 11) is 0. The van der Waals surface area contributed by atoms with Gasteiger partial charge in [-0.1, -0.05) is 6.08 Å². The lowest BCUT2D eigenvalue weighted by atomic mass is 10.1. The van der Waals surface area contributed by atoms with Crippen molar-refractivity contribution in [3.63, 3.8) is 0 Å². The predicted molar refractivity (Wildman–Crippen MR) is 62.7 cm³/mol. The Bertz CT molecular complexity index is 378. The number of ketones is 1. The topological polar surface area (TPSA) is 17.1 Å². The van der Waals surface area contributed by atoms with E-state index in [1.807, 2.05) is 12.1 Å². The van der Waals surface area contributed by atoms with Crippen LogP contribution < -0.4 is 0 Å². The van der Waals surface area contributed by atoms with E-state index in [-0.39, 0.29) is 0 Å².